The molecule has 0 saturated carbocycles. The molecule has 1 N–H and O–H groups in total. The first-order valence-electron chi connectivity index (χ1n) is 5.79. The van der Waals surface area contributed by atoms with Gasteiger partial charge in [-0.3, -0.25) is 4.72 Å². The van der Waals surface area contributed by atoms with Gasteiger partial charge in [0.25, 0.3) is 0 Å². The Kier molecular flexibility index (Phi) is 3.52. The second-order valence-corrected chi connectivity index (χ2v) is 6.18. The number of sulfonamides is 1. The second kappa shape index (κ2) is 4.92. The smallest absolute Gasteiger partial charge is 0.229 e. The molecule has 4 heteroatoms. The normalized spacial score (nSPS) is 20.2. The van der Waals surface area contributed by atoms with Gasteiger partial charge in [0.1, 0.15) is 0 Å². The number of rotatable bonds is 3. The molecular weight excluding hydrogens is 234 g/mol. The molecule has 0 aliphatic heterocycles. The molecule has 17 heavy (non-hydrogen) atoms. The van der Waals surface area contributed by atoms with Crippen LogP contribution in [-0.2, 0) is 10.0 Å². The largest absolute Gasteiger partial charge is 0.283 e. The summed E-state index contributed by atoms with van der Waals surface area (Å²) < 4.78 is 25.2. The average molecular weight is 251 g/mol. The van der Waals surface area contributed by atoms with Crippen molar-refractivity contribution >= 4 is 15.7 Å². The molecule has 0 spiro atoms. The molecule has 92 valence electrons. The summed E-state index contributed by atoms with van der Waals surface area (Å²) in [7, 11) is -3.21. The van der Waals surface area contributed by atoms with Gasteiger partial charge < -0.3 is 0 Å². The highest BCUT2D eigenvalue weighted by molar-refractivity contribution is 7.92. The first kappa shape index (κ1) is 12.2. The van der Waals surface area contributed by atoms with Gasteiger partial charge in [-0.2, -0.15) is 0 Å². The molecule has 0 saturated heterocycles. The molecule has 1 aliphatic rings. The van der Waals surface area contributed by atoms with Crippen molar-refractivity contribution in [2.24, 2.45) is 0 Å². The van der Waals surface area contributed by atoms with Crippen molar-refractivity contribution in [3.63, 3.8) is 0 Å². The predicted octanol–water partition coefficient (Wildman–Crippen LogP) is 2.88. The van der Waals surface area contributed by atoms with Gasteiger partial charge in [-0.1, -0.05) is 30.4 Å². The summed E-state index contributed by atoms with van der Waals surface area (Å²) in [4.78, 5) is 0. The highest BCUT2D eigenvalue weighted by atomic mass is 32.2. The number of hydrogen-bond donors (Lipinski definition) is 1. The summed E-state index contributed by atoms with van der Waals surface area (Å²) in [5.41, 5.74) is 1.76. The number of benzene rings is 1. The molecule has 1 unspecified atom stereocenters. The van der Waals surface area contributed by atoms with Crippen molar-refractivity contribution in [2.45, 2.75) is 25.2 Å². The fourth-order valence-corrected chi connectivity index (χ4v) is 2.77. The van der Waals surface area contributed by atoms with Crippen LogP contribution < -0.4 is 4.72 Å². The Morgan fingerprint density at radius 3 is 2.71 bits per heavy atom. The predicted molar refractivity (Wildman–Crippen MR) is 70.6 cm³/mol. The Morgan fingerprint density at radius 2 is 2.06 bits per heavy atom. The summed E-state index contributed by atoms with van der Waals surface area (Å²) in [6.07, 6.45) is 8.89. The number of para-hydroxylation sites is 1. The van der Waals surface area contributed by atoms with E-state index in [0.29, 0.717) is 11.6 Å². The van der Waals surface area contributed by atoms with Crippen LogP contribution in [-0.4, -0.2) is 14.7 Å². The zero-order valence-electron chi connectivity index (χ0n) is 9.89. The molecule has 1 aliphatic carbocycles. The van der Waals surface area contributed by atoms with Crippen molar-refractivity contribution < 1.29 is 8.42 Å². The van der Waals surface area contributed by atoms with Crippen molar-refractivity contribution in [3.8, 4) is 0 Å². The SMILES string of the molecule is CS(=O)(=O)Nc1ccccc1C1C=CCCC1. The molecule has 0 amide bonds. The van der Waals surface area contributed by atoms with E-state index in [9.17, 15) is 8.42 Å². The monoisotopic (exact) mass is 251 g/mol. The Labute approximate surface area is 103 Å². The van der Waals surface area contributed by atoms with E-state index in [-0.39, 0.29) is 0 Å². The van der Waals surface area contributed by atoms with Gasteiger partial charge in [0.15, 0.2) is 0 Å². The van der Waals surface area contributed by atoms with Crippen LogP contribution in [0.5, 0.6) is 0 Å². The molecule has 1 aromatic carbocycles. The molecular formula is C13H17NO2S. The molecule has 0 aromatic heterocycles. The lowest BCUT2D eigenvalue weighted by Gasteiger charge is -2.20. The van der Waals surface area contributed by atoms with Gasteiger partial charge in [-0.15, -0.1) is 0 Å². The Morgan fingerprint density at radius 1 is 1.29 bits per heavy atom. The minimum Gasteiger partial charge on any atom is -0.283 e. The van der Waals surface area contributed by atoms with Gasteiger partial charge in [-0.05, 0) is 30.9 Å². The molecule has 0 heterocycles. The van der Waals surface area contributed by atoms with E-state index in [0.717, 1.165) is 24.8 Å². The van der Waals surface area contributed by atoms with Crippen LogP contribution in [0, 0.1) is 0 Å². The van der Waals surface area contributed by atoms with Gasteiger partial charge in [0.2, 0.25) is 10.0 Å². The standard InChI is InChI=1S/C13H17NO2S/c1-17(15,16)14-13-10-6-5-9-12(13)11-7-3-2-4-8-11/h3,5-7,9-11,14H,2,4,8H2,1H3. The summed E-state index contributed by atoms with van der Waals surface area (Å²) in [5.74, 6) is 0.328. The fourth-order valence-electron chi connectivity index (χ4n) is 2.18. The molecule has 3 nitrogen and oxygen atoms in total. The summed E-state index contributed by atoms with van der Waals surface area (Å²) >= 11 is 0. The fraction of sp³-hybridized carbons (Fsp3) is 0.385. The molecule has 1 atom stereocenters. The molecule has 0 fully saturated rings. The quantitative estimate of drug-likeness (QED) is 0.840. The maximum absolute atomic E-state index is 11.3. The summed E-state index contributed by atoms with van der Waals surface area (Å²) in [6.45, 7) is 0. The minimum absolute atomic E-state index is 0.328. The zero-order chi connectivity index (χ0) is 12.3. The maximum atomic E-state index is 11.3. The number of allylic oxidation sites excluding steroid dienone is 2. The molecule has 1 aromatic rings. The topological polar surface area (TPSA) is 46.2 Å². The van der Waals surface area contributed by atoms with E-state index < -0.39 is 10.0 Å². The third-order valence-electron chi connectivity index (χ3n) is 2.91. The lowest BCUT2D eigenvalue weighted by Crippen LogP contribution is -2.12. The Hall–Kier alpha value is -1.29. The number of hydrogen-bond acceptors (Lipinski definition) is 2. The Bertz CT molecular complexity index is 520. The third-order valence-corrected chi connectivity index (χ3v) is 3.50. The van der Waals surface area contributed by atoms with Crippen molar-refractivity contribution in [1.29, 1.82) is 0 Å². The maximum Gasteiger partial charge on any atom is 0.229 e. The van der Waals surface area contributed by atoms with Gasteiger partial charge >= 0.3 is 0 Å². The third kappa shape index (κ3) is 3.33. The number of nitrogens with one attached hydrogen (secondary N) is 1. The van der Waals surface area contributed by atoms with E-state index in [2.05, 4.69) is 16.9 Å². The second-order valence-electron chi connectivity index (χ2n) is 4.43. The van der Waals surface area contributed by atoms with E-state index in [1.165, 1.54) is 6.26 Å². The van der Waals surface area contributed by atoms with Crippen LogP contribution in [0.1, 0.15) is 30.7 Å². The van der Waals surface area contributed by atoms with Crippen molar-refractivity contribution in [3.05, 3.63) is 42.0 Å². The van der Waals surface area contributed by atoms with Crippen LogP contribution in [0.15, 0.2) is 36.4 Å². The number of anilines is 1. The van der Waals surface area contributed by atoms with E-state index in [1.54, 1.807) is 0 Å². The van der Waals surface area contributed by atoms with Crippen LogP contribution >= 0.6 is 0 Å². The minimum atomic E-state index is -3.21. The highest BCUT2D eigenvalue weighted by Gasteiger charge is 2.15. The van der Waals surface area contributed by atoms with Gasteiger partial charge in [0, 0.05) is 5.92 Å². The molecule has 0 bridgehead atoms. The van der Waals surface area contributed by atoms with Crippen LogP contribution in [0.3, 0.4) is 0 Å². The summed E-state index contributed by atoms with van der Waals surface area (Å²) in [6, 6.07) is 7.61. The van der Waals surface area contributed by atoms with Crippen LogP contribution in [0.4, 0.5) is 5.69 Å². The van der Waals surface area contributed by atoms with Crippen LogP contribution in [0.25, 0.3) is 0 Å². The summed E-state index contributed by atoms with van der Waals surface area (Å²) in [5, 5.41) is 0. The van der Waals surface area contributed by atoms with Gasteiger partial charge in [0.05, 0.1) is 11.9 Å². The lowest BCUT2D eigenvalue weighted by molar-refractivity contribution is 0.606. The zero-order valence-corrected chi connectivity index (χ0v) is 10.7. The van der Waals surface area contributed by atoms with Crippen molar-refractivity contribution in [2.75, 3.05) is 11.0 Å². The first-order valence-corrected chi connectivity index (χ1v) is 7.69. The van der Waals surface area contributed by atoms with E-state index >= 15 is 0 Å². The Balaban J connectivity index is 2.33. The average Bonchev–Trinajstić information content (AvgIpc) is 2.29. The van der Waals surface area contributed by atoms with E-state index in [4.69, 9.17) is 0 Å². The highest BCUT2D eigenvalue weighted by Crippen LogP contribution is 2.32. The van der Waals surface area contributed by atoms with Gasteiger partial charge in [-0.25, -0.2) is 8.42 Å². The lowest BCUT2D eigenvalue weighted by atomic mass is 9.88. The van der Waals surface area contributed by atoms with Crippen LogP contribution in [0.2, 0.25) is 0 Å². The van der Waals surface area contributed by atoms with Crippen molar-refractivity contribution in [1.82, 2.24) is 0 Å². The first-order chi connectivity index (χ1) is 8.06. The molecule has 0 radical (unpaired) electrons. The molecule has 2 rings (SSSR count). The van der Waals surface area contributed by atoms with E-state index in [1.807, 2.05) is 24.3 Å².